The molecule has 0 saturated heterocycles. The van der Waals surface area contributed by atoms with Gasteiger partial charge in [0.15, 0.2) is 5.82 Å². The molecule has 184 valence electrons. The van der Waals surface area contributed by atoms with Crippen molar-refractivity contribution >= 4 is 34.3 Å². The van der Waals surface area contributed by atoms with E-state index in [9.17, 15) is 4.79 Å². The van der Waals surface area contributed by atoms with Gasteiger partial charge in [0.25, 0.3) is 5.91 Å². The summed E-state index contributed by atoms with van der Waals surface area (Å²) in [6.45, 7) is 6.01. The van der Waals surface area contributed by atoms with E-state index in [2.05, 4.69) is 23.4 Å². The highest BCUT2D eigenvalue weighted by atomic mass is 16.5. The highest BCUT2D eigenvalue weighted by molar-refractivity contribution is 6.29. The molecule has 0 aliphatic carbocycles. The maximum atomic E-state index is 13.7. The number of pyridine rings is 1. The molecule has 0 atom stereocenters. The van der Waals surface area contributed by atoms with E-state index in [1.165, 1.54) is 0 Å². The smallest absolute Gasteiger partial charge is 0.257 e. The van der Waals surface area contributed by atoms with Crippen LogP contribution in [0.25, 0.3) is 28.4 Å². The predicted molar refractivity (Wildman–Crippen MR) is 149 cm³/mol. The molecule has 1 N–H and O–H groups in total. The van der Waals surface area contributed by atoms with Crippen LogP contribution in [-0.4, -0.2) is 27.8 Å². The zero-order valence-corrected chi connectivity index (χ0v) is 21.3. The highest BCUT2D eigenvalue weighted by Gasteiger charge is 2.18. The van der Waals surface area contributed by atoms with Gasteiger partial charge >= 0.3 is 0 Å². The van der Waals surface area contributed by atoms with E-state index < -0.39 is 0 Å². The first-order valence-corrected chi connectivity index (χ1v) is 12.1. The van der Waals surface area contributed by atoms with Crippen LogP contribution >= 0.6 is 0 Å². The molecule has 3 aromatic carbocycles. The molecular formula is C31H28N4O2. The number of hydrogen-bond donors (Lipinski definition) is 1. The second kappa shape index (κ2) is 10.1. The van der Waals surface area contributed by atoms with Gasteiger partial charge in [-0.3, -0.25) is 4.79 Å². The standard InChI is InChI=1S/C31H28N4O2/c1-20-9-8-12-26-21(2)17-28(32-30(20)26)35-29(18-22(3)34-35)33-31(36)27(24-10-6-5-7-11-24)19-23-13-15-25(37-4)16-14-23/h5-19H,1-4H3,(H,33,36)/b27-19+. The van der Waals surface area contributed by atoms with Gasteiger partial charge in [-0.05, 0) is 67.3 Å². The number of nitrogens with zero attached hydrogens (tertiary/aromatic N) is 3. The van der Waals surface area contributed by atoms with Crippen molar-refractivity contribution in [3.05, 3.63) is 113 Å². The predicted octanol–water partition coefficient (Wildman–Crippen LogP) is 6.53. The SMILES string of the molecule is COc1ccc(/C=C(/C(=O)Nc2cc(C)nn2-c2cc(C)c3cccc(C)c3n2)c2ccccc2)cc1. The maximum absolute atomic E-state index is 13.7. The molecule has 1 amide bonds. The minimum Gasteiger partial charge on any atom is -0.497 e. The lowest BCUT2D eigenvalue weighted by molar-refractivity contribution is -0.111. The molecule has 0 saturated carbocycles. The average Bonchev–Trinajstić information content (AvgIpc) is 3.28. The summed E-state index contributed by atoms with van der Waals surface area (Å²) in [7, 11) is 1.63. The van der Waals surface area contributed by atoms with Crippen LogP contribution in [0.4, 0.5) is 5.82 Å². The number of benzene rings is 3. The molecule has 2 heterocycles. The zero-order chi connectivity index (χ0) is 25.9. The summed E-state index contributed by atoms with van der Waals surface area (Å²) in [5, 5.41) is 8.84. The van der Waals surface area contributed by atoms with Gasteiger partial charge in [-0.1, -0.05) is 60.7 Å². The number of hydrogen-bond acceptors (Lipinski definition) is 4. The summed E-state index contributed by atoms with van der Waals surface area (Å²) in [5.41, 5.74) is 6.13. The normalized spacial score (nSPS) is 11.5. The Labute approximate surface area is 216 Å². The van der Waals surface area contributed by atoms with Crippen molar-refractivity contribution in [1.29, 1.82) is 0 Å². The number of anilines is 1. The fourth-order valence-corrected chi connectivity index (χ4v) is 4.36. The molecule has 0 bridgehead atoms. The lowest BCUT2D eigenvalue weighted by Crippen LogP contribution is -2.17. The van der Waals surface area contributed by atoms with Gasteiger partial charge < -0.3 is 10.1 Å². The summed E-state index contributed by atoms with van der Waals surface area (Å²) in [6.07, 6.45) is 1.87. The third-order valence-electron chi connectivity index (χ3n) is 6.28. The van der Waals surface area contributed by atoms with Crippen LogP contribution in [0.3, 0.4) is 0 Å². The summed E-state index contributed by atoms with van der Waals surface area (Å²) < 4.78 is 6.97. The monoisotopic (exact) mass is 488 g/mol. The molecule has 0 aliphatic heterocycles. The molecule has 5 rings (SSSR count). The third-order valence-corrected chi connectivity index (χ3v) is 6.28. The number of nitrogens with one attached hydrogen (secondary N) is 1. The molecule has 0 spiro atoms. The number of carbonyl (C=O) groups excluding carboxylic acids is 1. The molecule has 0 fully saturated rings. The number of methoxy groups -OCH3 is 1. The van der Waals surface area contributed by atoms with E-state index in [0.29, 0.717) is 17.2 Å². The molecule has 0 radical (unpaired) electrons. The van der Waals surface area contributed by atoms with Gasteiger partial charge in [0, 0.05) is 17.0 Å². The van der Waals surface area contributed by atoms with Crippen molar-refractivity contribution < 1.29 is 9.53 Å². The topological polar surface area (TPSA) is 69.0 Å². The van der Waals surface area contributed by atoms with Crippen molar-refractivity contribution in [2.75, 3.05) is 12.4 Å². The van der Waals surface area contributed by atoms with Crippen LogP contribution in [0, 0.1) is 20.8 Å². The molecule has 6 nitrogen and oxygen atoms in total. The lowest BCUT2D eigenvalue weighted by atomic mass is 10.0. The molecule has 0 aliphatic rings. The lowest BCUT2D eigenvalue weighted by Gasteiger charge is -2.13. The van der Waals surface area contributed by atoms with Gasteiger partial charge in [0.2, 0.25) is 0 Å². The van der Waals surface area contributed by atoms with Gasteiger partial charge in [-0.2, -0.15) is 9.78 Å². The first kappa shape index (κ1) is 24.0. The Bertz CT molecular complexity index is 1620. The maximum Gasteiger partial charge on any atom is 0.257 e. The number of carbonyl (C=O) groups is 1. The van der Waals surface area contributed by atoms with E-state index in [0.717, 1.165) is 44.6 Å². The number of ether oxygens (including phenoxy) is 1. The first-order valence-electron chi connectivity index (χ1n) is 12.1. The van der Waals surface area contributed by atoms with Crippen LogP contribution in [0.2, 0.25) is 0 Å². The minimum absolute atomic E-state index is 0.239. The fourth-order valence-electron chi connectivity index (χ4n) is 4.36. The molecule has 6 heteroatoms. The summed E-state index contributed by atoms with van der Waals surface area (Å²) in [5.74, 6) is 1.73. The van der Waals surface area contributed by atoms with Gasteiger partial charge in [0.1, 0.15) is 11.6 Å². The fraction of sp³-hybridized carbons (Fsp3) is 0.129. The second-order valence-corrected chi connectivity index (χ2v) is 9.00. The quantitative estimate of drug-likeness (QED) is 0.218. The van der Waals surface area contributed by atoms with Crippen molar-refractivity contribution in [3.8, 4) is 11.6 Å². The zero-order valence-electron chi connectivity index (χ0n) is 21.3. The third kappa shape index (κ3) is 5.00. The number of amides is 1. The Morgan fingerprint density at radius 3 is 2.38 bits per heavy atom. The van der Waals surface area contributed by atoms with Gasteiger partial charge in [-0.15, -0.1) is 0 Å². The van der Waals surface area contributed by atoms with Crippen molar-refractivity contribution in [3.63, 3.8) is 0 Å². The van der Waals surface area contributed by atoms with Crippen LogP contribution < -0.4 is 10.1 Å². The Kier molecular flexibility index (Phi) is 6.56. The van der Waals surface area contributed by atoms with Gasteiger partial charge in [0.05, 0.1) is 18.3 Å². The van der Waals surface area contributed by atoms with E-state index in [4.69, 9.17) is 9.72 Å². The molecule has 5 aromatic rings. The molecule has 2 aromatic heterocycles. The first-order chi connectivity index (χ1) is 17.9. The summed E-state index contributed by atoms with van der Waals surface area (Å²) >= 11 is 0. The largest absolute Gasteiger partial charge is 0.497 e. The number of aryl methyl sites for hydroxylation is 3. The van der Waals surface area contributed by atoms with Crippen molar-refractivity contribution in [2.45, 2.75) is 20.8 Å². The van der Waals surface area contributed by atoms with Crippen molar-refractivity contribution in [1.82, 2.24) is 14.8 Å². The summed E-state index contributed by atoms with van der Waals surface area (Å²) in [4.78, 5) is 18.6. The number of rotatable bonds is 6. The van der Waals surface area contributed by atoms with Crippen LogP contribution in [0.15, 0.2) is 84.9 Å². The Morgan fingerprint density at radius 1 is 0.892 bits per heavy atom. The Hall–Kier alpha value is -4.71. The minimum atomic E-state index is -0.239. The van der Waals surface area contributed by atoms with E-state index in [1.807, 2.05) is 98.8 Å². The summed E-state index contributed by atoms with van der Waals surface area (Å²) in [6, 6.07) is 27.2. The Morgan fingerprint density at radius 2 is 1.65 bits per heavy atom. The average molecular weight is 489 g/mol. The Balaban J connectivity index is 1.54. The number of aromatic nitrogens is 3. The van der Waals surface area contributed by atoms with Crippen LogP contribution in [0.5, 0.6) is 5.75 Å². The van der Waals surface area contributed by atoms with E-state index >= 15 is 0 Å². The number of para-hydroxylation sites is 1. The highest BCUT2D eigenvalue weighted by Crippen LogP contribution is 2.26. The molecule has 37 heavy (non-hydrogen) atoms. The van der Waals surface area contributed by atoms with Crippen LogP contribution in [-0.2, 0) is 4.79 Å². The molecule has 0 unspecified atom stereocenters. The van der Waals surface area contributed by atoms with E-state index in [1.54, 1.807) is 11.8 Å². The van der Waals surface area contributed by atoms with Crippen molar-refractivity contribution in [2.24, 2.45) is 0 Å². The van der Waals surface area contributed by atoms with Gasteiger partial charge in [-0.25, -0.2) is 4.98 Å². The second-order valence-electron chi connectivity index (χ2n) is 9.00. The van der Waals surface area contributed by atoms with Crippen LogP contribution in [0.1, 0.15) is 27.9 Å². The molecular weight excluding hydrogens is 460 g/mol. The van der Waals surface area contributed by atoms with E-state index in [-0.39, 0.29) is 5.91 Å². The number of fused-ring (bicyclic) bond motifs is 1.